The van der Waals surface area contributed by atoms with Gasteiger partial charge in [-0.15, -0.1) is 0 Å². The second kappa shape index (κ2) is 2.59. The van der Waals surface area contributed by atoms with Crippen molar-refractivity contribution >= 4 is 0 Å². The standard InChI is InChI=1S/C8H14N2/c1-8(2,5-9)6-10-7-3-4-7/h7,10H,3-4,6H2,1-2H3. The highest BCUT2D eigenvalue weighted by Crippen LogP contribution is 2.20. The van der Waals surface area contributed by atoms with Crippen molar-refractivity contribution in [1.82, 2.24) is 5.32 Å². The third kappa shape index (κ3) is 2.36. The molecule has 0 atom stereocenters. The molecule has 1 aliphatic carbocycles. The lowest BCUT2D eigenvalue weighted by Crippen LogP contribution is -2.29. The van der Waals surface area contributed by atoms with Crippen LogP contribution in [0.1, 0.15) is 26.7 Å². The minimum Gasteiger partial charge on any atom is -0.312 e. The van der Waals surface area contributed by atoms with Crippen LogP contribution in [0.25, 0.3) is 0 Å². The van der Waals surface area contributed by atoms with E-state index in [1.165, 1.54) is 12.8 Å². The lowest BCUT2D eigenvalue weighted by atomic mass is 9.96. The summed E-state index contributed by atoms with van der Waals surface area (Å²) >= 11 is 0. The SMILES string of the molecule is CC(C)(C#N)CNC1CC1. The molecule has 0 heterocycles. The van der Waals surface area contributed by atoms with Gasteiger partial charge in [-0.05, 0) is 26.7 Å². The predicted octanol–water partition coefficient (Wildman–Crippen LogP) is 1.29. The van der Waals surface area contributed by atoms with Gasteiger partial charge in [0, 0.05) is 12.6 Å². The molecule has 0 aliphatic heterocycles. The van der Waals surface area contributed by atoms with Gasteiger partial charge in [0.15, 0.2) is 0 Å². The van der Waals surface area contributed by atoms with Gasteiger partial charge in [0.2, 0.25) is 0 Å². The van der Waals surface area contributed by atoms with E-state index in [1.807, 2.05) is 13.8 Å². The van der Waals surface area contributed by atoms with E-state index < -0.39 is 0 Å². The maximum atomic E-state index is 8.64. The van der Waals surface area contributed by atoms with Crippen molar-refractivity contribution in [2.24, 2.45) is 5.41 Å². The first-order valence-electron chi connectivity index (χ1n) is 3.79. The van der Waals surface area contributed by atoms with Gasteiger partial charge in [0.1, 0.15) is 0 Å². The Morgan fingerprint density at radius 3 is 2.60 bits per heavy atom. The molecule has 10 heavy (non-hydrogen) atoms. The lowest BCUT2D eigenvalue weighted by molar-refractivity contribution is 0.444. The van der Waals surface area contributed by atoms with Crippen LogP contribution in [0, 0.1) is 16.7 Å². The topological polar surface area (TPSA) is 35.8 Å². The zero-order valence-electron chi connectivity index (χ0n) is 6.65. The number of hydrogen-bond donors (Lipinski definition) is 1. The van der Waals surface area contributed by atoms with Crippen molar-refractivity contribution < 1.29 is 0 Å². The normalized spacial score (nSPS) is 18.5. The molecule has 0 spiro atoms. The second-order valence-electron chi connectivity index (χ2n) is 3.65. The molecule has 1 rings (SSSR count). The smallest absolute Gasteiger partial charge is 0.0697 e. The van der Waals surface area contributed by atoms with E-state index in [9.17, 15) is 0 Å². The van der Waals surface area contributed by atoms with Gasteiger partial charge in [0.25, 0.3) is 0 Å². The lowest BCUT2D eigenvalue weighted by Gasteiger charge is -2.14. The summed E-state index contributed by atoms with van der Waals surface area (Å²) in [6.07, 6.45) is 2.59. The first-order valence-corrected chi connectivity index (χ1v) is 3.79. The molecule has 56 valence electrons. The third-order valence-electron chi connectivity index (χ3n) is 1.71. The van der Waals surface area contributed by atoms with Crippen LogP contribution in [0.3, 0.4) is 0 Å². The van der Waals surface area contributed by atoms with Crippen LogP contribution in [0.5, 0.6) is 0 Å². The minimum absolute atomic E-state index is 0.192. The van der Waals surface area contributed by atoms with Gasteiger partial charge < -0.3 is 5.32 Å². The van der Waals surface area contributed by atoms with E-state index in [1.54, 1.807) is 0 Å². The maximum Gasteiger partial charge on any atom is 0.0697 e. The second-order valence-corrected chi connectivity index (χ2v) is 3.65. The van der Waals surface area contributed by atoms with Gasteiger partial charge in [-0.2, -0.15) is 5.26 Å². The van der Waals surface area contributed by atoms with Crippen molar-refractivity contribution in [2.75, 3.05) is 6.54 Å². The van der Waals surface area contributed by atoms with Gasteiger partial charge in [0.05, 0.1) is 11.5 Å². The molecular formula is C8H14N2. The number of nitrogens with one attached hydrogen (secondary N) is 1. The molecule has 1 fully saturated rings. The zero-order chi connectivity index (χ0) is 7.61. The number of nitriles is 1. The Balaban J connectivity index is 2.17. The van der Waals surface area contributed by atoms with E-state index in [2.05, 4.69) is 11.4 Å². The molecule has 0 unspecified atom stereocenters. The summed E-state index contributed by atoms with van der Waals surface area (Å²) in [5.41, 5.74) is -0.192. The zero-order valence-corrected chi connectivity index (χ0v) is 6.65. The molecule has 0 saturated heterocycles. The molecule has 1 saturated carbocycles. The fourth-order valence-electron chi connectivity index (χ4n) is 0.726. The van der Waals surface area contributed by atoms with E-state index >= 15 is 0 Å². The molecular weight excluding hydrogens is 124 g/mol. The molecule has 2 nitrogen and oxygen atoms in total. The molecule has 1 N–H and O–H groups in total. The van der Waals surface area contributed by atoms with Crippen molar-refractivity contribution in [3.63, 3.8) is 0 Å². The van der Waals surface area contributed by atoms with Crippen LogP contribution in [0.4, 0.5) is 0 Å². The van der Waals surface area contributed by atoms with Crippen molar-refractivity contribution in [3.05, 3.63) is 0 Å². The Kier molecular flexibility index (Phi) is 1.96. The molecule has 0 aromatic heterocycles. The van der Waals surface area contributed by atoms with E-state index in [4.69, 9.17) is 5.26 Å². The molecule has 1 aliphatic rings. The highest BCUT2D eigenvalue weighted by Gasteiger charge is 2.24. The molecule has 2 heteroatoms. The highest BCUT2D eigenvalue weighted by molar-refractivity contribution is 4.95. The maximum absolute atomic E-state index is 8.64. The quantitative estimate of drug-likeness (QED) is 0.637. The molecule has 0 radical (unpaired) electrons. The average Bonchev–Trinajstić information content (AvgIpc) is 2.66. The Hall–Kier alpha value is -0.550. The van der Waals surface area contributed by atoms with Gasteiger partial charge in [-0.3, -0.25) is 0 Å². The van der Waals surface area contributed by atoms with Crippen LogP contribution < -0.4 is 5.32 Å². The largest absolute Gasteiger partial charge is 0.312 e. The predicted molar refractivity (Wildman–Crippen MR) is 40.4 cm³/mol. The molecule has 0 aromatic carbocycles. The fraction of sp³-hybridized carbons (Fsp3) is 0.875. The Labute approximate surface area is 62.2 Å². The highest BCUT2D eigenvalue weighted by atomic mass is 15.0. The monoisotopic (exact) mass is 138 g/mol. The van der Waals surface area contributed by atoms with Crippen LogP contribution >= 0.6 is 0 Å². The number of rotatable bonds is 3. The van der Waals surface area contributed by atoms with E-state index in [0.29, 0.717) is 6.04 Å². The van der Waals surface area contributed by atoms with Crippen LogP contribution in [0.15, 0.2) is 0 Å². The summed E-state index contributed by atoms with van der Waals surface area (Å²) in [5.74, 6) is 0. The summed E-state index contributed by atoms with van der Waals surface area (Å²) in [6, 6.07) is 2.98. The van der Waals surface area contributed by atoms with Crippen LogP contribution in [0.2, 0.25) is 0 Å². The summed E-state index contributed by atoms with van der Waals surface area (Å²) in [4.78, 5) is 0. The molecule has 0 aromatic rings. The van der Waals surface area contributed by atoms with Crippen LogP contribution in [-0.2, 0) is 0 Å². The van der Waals surface area contributed by atoms with E-state index in [0.717, 1.165) is 6.54 Å². The minimum atomic E-state index is -0.192. The van der Waals surface area contributed by atoms with Crippen molar-refractivity contribution in [1.29, 1.82) is 5.26 Å². The fourth-order valence-corrected chi connectivity index (χ4v) is 0.726. The summed E-state index contributed by atoms with van der Waals surface area (Å²) < 4.78 is 0. The van der Waals surface area contributed by atoms with Crippen LogP contribution in [-0.4, -0.2) is 12.6 Å². The van der Waals surface area contributed by atoms with Gasteiger partial charge in [-0.25, -0.2) is 0 Å². The molecule has 0 bridgehead atoms. The van der Waals surface area contributed by atoms with Crippen molar-refractivity contribution in [3.8, 4) is 6.07 Å². The Morgan fingerprint density at radius 1 is 1.60 bits per heavy atom. The first-order chi connectivity index (χ1) is 4.64. The van der Waals surface area contributed by atoms with Gasteiger partial charge in [-0.1, -0.05) is 0 Å². The third-order valence-corrected chi connectivity index (χ3v) is 1.71. The average molecular weight is 138 g/mol. The summed E-state index contributed by atoms with van der Waals surface area (Å²) in [7, 11) is 0. The summed E-state index contributed by atoms with van der Waals surface area (Å²) in [5, 5.41) is 12.0. The summed E-state index contributed by atoms with van der Waals surface area (Å²) in [6.45, 7) is 4.75. The van der Waals surface area contributed by atoms with Gasteiger partial charge >= 0.3 is 0 Å². The Morgan fingerprint density at radius 2 is 2.20 bits per heavy atom. The molecule has 0 amide bonds. The van der Waals surface area contributed by atoms with Crippen molar-refractivity contribution in [2.45, 2.75) is 32.7 Å². The first kappa shape index (κ1) is 7.56. The number of nitrogens with zero attached hydrogens (tertiary/aromatic N) is 1. The van der Waals surface area contributed by atoms with E-state index in [-0.39, 0.29) is 5.41 Å². The number of hydrogen-bond acceptors (Lipinski definition) is 2. The Bertz CT molecular complexity index is 151.